The minimum Gasteiger partial charge on any atom is -0.352 e. The van der Waals surface area contributed by atoms with Crippen molar-refractivity contribution in [2.75, 3.05) is 25.1 Å². The molecule has 1 rings (SSSR count). The Hall–Kier alpha value is -0.420. The molecular formula is C10H20N2O2S. The summed E-state index contributed by atoms with van der Waals surface area (Å²) in [5, 5.41) is 6.11. The smallest absolute Gasteiger partial charge is 0.227 e. The first kappa shape index (κ1) is 12.6. The zero-order chi connectivity index (χ0) is 11.5. The van der Waals surface area contributed by atoms with Gasteiger partial charge in [0.25, 0.3) is 0 Å². The first-order valence-electron chi connectivity index (χ1n) is 5.26. The third-order valence-corrected chi connectivity index (χ3v) is 3.75. The van der Waals surface area contributed by atoms with Gasteiger partial charge >= 0.3 is 0 Å². The second-order valence-electron chi connectivity index (χ2n) is 4.60. The van der Waals surface area contributed by atoms with Gasteiger partial charge < -0.3 is 10.6 Å². The lowest BCUT2D eigenvalue weighted by Crippen LogP contribution is -2.45. The molecule has 0 bridgehead atoms. The summed E-state index contributed by atoms with van der Waals surface area (Å²) in [4.78, 5) is 11.9. The first-order valence-corrected chi connectivity index (χ1v) is 6.98. The van der Waals surface area contributed by atoms with Crippen LogP contribution in [-0.2, 0) is 15.6 Å². The Bertz CT molecular complexity index is 262. The average molecular weight is 232 g/mol. The maximum Gasteiger partial charge on any atom is 0.227 e. The van der Waals surface area contributed by atoms with E-state index < -0.39 is 10.8 Å². The highest BCUT2D eigenvalue weighted by molar-refractivity contribution is 7.84. The van der Waals surface area contributed by atoms with E-state index in [-0.39, 0.29) is 17.4 Å². The van der Waals surface area contributed by atoms with Gasteiger partial charge in [-0.05, 0) is 26.8 Å². The van der Waals surface area contributed by atoms with Crippen LogP contribution in [0.1, 0.15) is 20.3 Å². The molecule has 88 valence electrons. The van der Waals surface area contributed by atoms with E-state index >= 15 is 0 Å². The minimum atomic E-state index is -0.857. The summed E-state index contributed by atoms with van der Waals surface area (Å²) in [6.45, 7) is 5.50. The predicted octanol–water partition coefficient (Wildman–Crippen LogP) is -0.131. The van der Waals surface area contributed by atoms with Gasteiger partial charge in [-0.25, -0.2) is 0 Å². The van der Waals surface area contributed by atoms with Gasteiger partial charge in [-0.1, -0.05) is 0 Å². The Morgan fingerprint density at radius 2 is 2.33 bits per heavy atom. The van der Waals surface area contributed by atoms with Crippen LogP contribution in [0.25, 0.3) is 0 Å². The molecule has 4 nitrogen and oxygen atoms in total. The van der Waals surface area contributed by atoms with Gasteiger partial charge in [-0.3, -0.25) is 9.00 Å². The van der Waals surface area contributed by atoms with E-state index in [2.05, 4.69) is 10.6 Å². The Morgan fingerprint density at radius 1 is 1.67 bits per heavy atom. The van der Waals surface area contributed by atoms with E-state index in [1.54, 1.807) is 6.26 Å². The van der Waals surface area contributed by atoms with Crippen molar-refractivity contribution in [1.82, 2.24) is 10.6 Å². The summed E-state index contributed by atoms with van der Waals surface area (Å²) in [5.74, 6) is 0.598. The molecule has 15 heavy (non-hydrogen) atoms. The van der Waals surface area contributed by atoms with Crippen LogP contribution < -0.4 is 10.6 Å². The Labute approximate surface area is 93.7 Å². The normalized spacial score (nSPS) is 29.8. The lowest BCUT2D eigenvalue weighted by Gasteiger charge is -2.24. The van der Waals surface area contributed by atoms with Crippen molar-refractivity contribution in [1.29, 1.82) is 0 Å². The quantitative estimate of drug-likeness (QED) is 0.710. The van der Waals surface area contributed by atoms with Crippen molar-refractivity contribution in [2.24, 2.45) is 5.41 Å². The number of hydrogen-bond donors (Lipinski definition) is 2. The van der Waals surface area contributed by atoms with Crippen molar-refractivity contribution < 1.29 is 9.00 Å². The second kappa shape index (κ2) is 5.07. The monoisotopic (exact) mass is 232 g/mol. The molecule has 1 heterocycles. The molecule has 0 radical (unpaired) electrons. The molecule has 0 saturated carbocycles. The maximum absolute atomic E-state index is 11.9. The second-order valence-corrected chi connectivity index (χ2v) is 6.08. The standard InChI is InChI=1S/C10H20N2O2S/c1-8(6-15(3)14)12-9(13)10(2)4-5-11-7-10/h8,11H,4-7H2,1-3H3,(H,12,13). The van der Waals surface area contributed by atoms with Gasteiger partial charge in [0, 0.05) is 35.4 Å². The van der Waals surface area contributed by atoms with Crippen LogP contribution in [0.5, 0.6) is 0 Å². The summed E-state index contributed by atoms with van der Waals surface area (Å²) in [7, 11) is -0.857. The van der Waals surface area contributed by atoms with E-state index in [0.29, 0.717) is 5.75 Å². The van der Waals surface area contributed by atoms with Crippen molar-refractivity contribution in [3.63, 3.8) is 0 Å². The lowest BCUT2D eigenvalue weighted by atomic mass is 9.88. The third kappa shape index (κ3) is 3.57. The molecule has 1 aliphatic rings. The summed E-state index contributed by atoms with van der Waals surface area (Å²) >= 11 is 0. The molecule has 0 aromatic rings. The third-order valence-electron chi connectivity index (χ3n) is 2.78. The number of carbonyl (C=O) groups excluding carboxylic acids is 1. The highest BCUT2D eigenvalue weighted by Gasteiger charge is 2.36. The molecule has 0 spiro atoms. The summed E-state index contributed by atoms with van der Waals surface area (Å²) in [6, 6.07) is -0.0132. The molecular weight excluding hydrogens is 212 g/mol. The van der Waals surface area contributed by atoms with E-state index in [1.807, 2.05) is 13.8 Å². The first-order chi connectivity index (χ1) is 6.94. The van der Waals surface area contributed by atoms with E-state index in [0.717, 1.165) is 19.5 Å². The van der Waals surface area contributed by atoms with Gasteiger partial charge in [0.2, 0.25) is 5.91 Å². The fourth-order valence-electron chi connectivity index (χ4n) is 1.80. The number of hydrogen-bond acceptors (Lipinski definition) is 3. The molecule has 1 fully saturated rings. The molecule has 0 aromatic carbocycles. The summed E-state index contributed by atoms with van der Waals surface area (Å²) in [5.41, 5.74) is -0.288. The van der Waals surface area contributed by atoms with Crippen LogP contribution in [0.15, 0.2) is 0 Å². The van der Waals surface area contributed by atoms with Gasteiger partial charge in [-0.2, -0.15) is 0 Å². The van der Waals surface area contributed by atoms with Gasteiger partial charge in [0.15, 0.2) is 0 Å². The number of amides is 1. The number of nitrogens with one attached hydrogen (secondary N) is 2. The summed E-state index contributed by atoms with van der Waals surface area (Å²) < 4.78 is 11.0. The zero-order valence-electron chi connectivity index (χ0n) is 9.63. The van der Waals surface area contributed by atoms with Gasteiger partial charge in [-0.15, -0.1) is 0 Å². The minimum absolute atomic E-state index is 0.0132. The number of rotatable bonds is 4. The van der Waals surface area contributed by atoms with Crippen LogP contribution in [-0.4, -0.2) is 41.3 Å². The molecule has 0 aromatic heterocycles. The zero-order valence-corrected chi connectivity index (χ0v) is 10.4. The van der Waals surface area contributed by atoms with Crippen LogP contribution in [0.4, 0.5) is 0 Å². The van der Waals surface area contributed by atoms with Crippen LogP contribution in [0.2, 0.25) is 0 Å². The maximum atomic E-state index is 11.9. The lowest BCUT2D eigenvalue weighted by molar-refractivity contribution is -0.129. The fourth-order valence-corrected chi connectivity index (χ4v) is 2.59. The molecule has 5 heteroatoms. The molecule has 1 aliphatic heterocycles. The molecule has 1 saturated heterocycles. The fraction of sp³-hybridized carbons (Fsp3) is 0.900. The molecule has 2 N–H and O–H groups in total. The highest BCUT2D eigenvalue weighted by Crippen LogP contribution is 2.24. The largest absolute Gasteiger partial charge is 0.352 e. The topological polar surface area (TPSA) is 58.2 Å². The van der Waals surface area contributed by atoms with Gasteiger partial charge in [0.1, 0.15) is 0 Å². The predicted molar refractivity (Wildman–Crippen MR) is 62.1 cm³/mol. The van der Waals surface area contributed by atoms with E-state index in [9.17, 15) is 9.00 Å². The Kier molecular flexibility index (Phi) is 4.28. The average Bonchev–Trinajstić information content (AvgIpc) is 2.51. The van der Waals surface area contributed by atoms with Crippen molar-refractivity contribution >= 4 is 16.7 Å². The van der Waals surface area contributed by atoms with Crippen molar-refractivity contribution in [2.45, 2.75) is 26.3 Å². The Balaban J connectivity index is 2.44. The summed E-state index contributed by atoms with van der Waals surface area (Å²) in [6.07, 6.45) is 2.53. The van der Waals surface area contributed by atoms with E-state index in [4.69, 9.17) is 0 Å². The Morgan fingerprint density at radius 3 is 2.80 bits per heavy atom. The van der Waals surface area contributed by atoms with Crippen LogP contribution >= 0.6 is 0 Å². The molecule has 3 unspecified atom stereocenters. The SMILES string of the molecule is CC(CS(C)=O)NC(=O)C1(C)CCNC1. The molecule has 1 amide bonds. The van der Waals surface area contributed by atoms with Crippen LogP contribution in [0.3, 0.4) is 0 Å². The number of carbonyl (C=O) groups is 1. The van der Waals surface area contributed by atoms with Crippen molar-refractivity contribution in [3.8, 4) is 0 Å². The molecule has 0 aliphatic carbocycles. The van der Waals surface area contributed by atoms with E-state index in [1.165, 1.54) is 0 Å². The highest BCUT2D eigenvalue weighted by atomic mass is 32.2. The van der Waals surface area contributed by atoms with Gasteiger partial charge in [0.05, 0.1) is 5.41 Å². The van der Waals surface area contributed by atoms with Crippen molar-refractivity contribution in [3.05, 3.63) is 0 Å². The molecule has 3 atom stereocenters. The van der Waals surface area contributed by atoms with Crippen LogP contribution in [0, 0.1) is 5.41 Å².